The van der Waals surface area contributed by atoms with Crippen LogP contribution in [0.2, 0.25) is 5.02 Å². The van der Waals surface area contributed by atoms with E-state index in [-0.39, 0.29) is 31.6 Å². The van der Waals surface area contributed by atoms with E-state index in [2.05, 4.69) is 0 Å². The number of imide groups is 1. The van der Waals surface area contributed by atoms with Gasteiger partial charge in [-0.05, 0) is 73.2 Å². The number of benzene rings is 3. The van der Waals surface area contributed by atoms with Gasteiger partial charge in [0.1, 0.15) is 11.8 Å². The molecule has 2 heterocycles. The third kappa shape index (κ3) is 4.59. The molecule has 0 radical (unpaired) electrons. The molecule has 1 saturated heterocycles. The number of rotatable bonds is 7. The van der Waals surface area contributed by atoms with Crippen LogP contribution in [0, 0.1) is 0 Å². The number of carbonyl (C=O) groups excluding carboxylic acids is 3. The van der Waals surface area contributed by atoms with Crippen molar-refractivity contribution in [3.05, 3.63) is 82.9 Å². The average molecular weight is 507 g/mol. The zero-order valence-electron chi connectivity index (χ0n) is 19.5. The van der Waals surface area contributed by atoms with Crippen LogP contribution in [0.1, 0.15) is 29.3 Å². The molecule has 36 heavy (non-hydrogen) atoms. The largest absolute Gasteiger partial charge is 0.494 e. The van der Waals surface area contributed by atoms with E-state index in [1.165, 1.54) is 4.90 Å². The van der Waals surface area contributed by atoms with Gasteiger partial charge in [0.15, 0.2) is 11.5 Å². The highest BCUT2D eigenvalue weighted by Crippen LogP contribution is 2.34. The second-order valence-electron chi connectivity index (χ2n) is 8.34. The third-order valence-corrected chi connectivity index (χ3v) is 6.30. The van der Waals surface area contributed by atoms with Crippen LogP contribution < -0.4 is 19.1 Å². The Kier molecular flexibility index (Phi) is 6.52. The zero-order chi connectivity index (χ0) is 25.2. The number of carbonyl (C=O) groups is 3. The molecule has 0 bridgehead atoms. The summed E-state index contributed by atoms with van der Waals surface area (Å²) in [4.78, 5) is 42.7. The second kappa shape index (κ2) is 9.91. The van der Waals surface area contributed by atoms with E-state index in [9.17, 15) is 14.4 Å². The van der Waals surface area contributed by atoms with E-state index in [1.807, 2.05) is 6.92 Å². The number of fused-ring (bicyclic) bond motifs is 1. The number of amides is 3. The van der Waals surface area contributed by atoms with Crippen molar-refractivity contribution in [2.75, 3.05) is 18.3 Å². The molecule has 9 heteroatoms. The molecule has 8 nitrogen and oxygen atoms in total. The fraction of sp³-hybridized carbons (Fsp3) is 0.222. The molecular weight excluding hydrogens is 484 g/mol. The van der Waals surface area contributed by atoms with Gasteiger partial charge in [0, 0.05) is 17.1 Å². The van der Waals surface area contributed by atoms with Crippen LogP contribution in [-0.4, -0.2) is 42.1 Å². The lowest BCUT2D eigenvalue weighted by atomic mass is 10.1. The standard InChI is InChI=1S/C27H23ClN2O6/c1-2-34-21-10-8-20(9-11-21)30-25(31)14-22(27(30)33)29(26(32)18-4-6-19(28)7-5-18)15-17-3-12-23-24(13-17)36-16-35-23/h3-13,22H,2,14-16H2,1H3/t22-/m0/s1. The van der Waals surface area contributed by atoms with Crippen LogP contribution in [0.3, 0.4) is 0 Å². The zero-order valence-corrected chi connectivity index (χ0v) is 20.2. The van der Waals surface area contributed by atoms with Crippen molar-refractivity contribution in [3.8, 4) is 17.2 Å². The summed E-state index contributed by atoms with van der Waals surface area (Å²) in [6, 6.07) is 17.5. The minimum absolute atomic E-state index is 0.0961. The molecule has 0 unspecified atom stereocenters. The first-order valence-electron chi connectivity index (χ1n) is 11.5. The van der Waals surface area contributed by atoms with Crippen LogP contribution in [-0.2, 0) is 16.1 Å². The fourth-order valence-electron chi connectivity index (χ4n) is 4.31. The molecule has 0 aliphatic carbocycles. The second-order valence-corrected chi connectivity index (χ2v) is 8.78. The lowest BCUT2D eigenvalue weighted by molar-refractivity contribution is -0.122. The molecule has 184 valence electrons. The van der Waals surface area contributed by atoms with Gasteiger partial charge in [0.2, 0.25) is 12.7 Å². The molecule has 0 spiro atoms. The summed E-state index contributed by atoms with van der Waals surface area (Å²) in [6.45, 7) is 2.60. The maximum atomic E-state index is 13.6. The fourth-order valence-corrected chi connectivity index (χ4v) is 4.43. The Bertz CT molecular complexity index is 1310. The van der Waals surface area contributed by atoms with E-state index >= 15 is 0 Å². The SMILES string of the molecule is CCOc1ccc(N2C(=O)C[C@H](N(Cc3ccc4c(c3)OCO4)C(=O)c3ccc(Cl)cc3)C2=O)cc1. The molecule has 3 aromatic carbocycles. The Hall–Kier alpha value is -4.04. The lowest BCUT2D eigenvalue weighted by Gasteiger charge is -2.28. The van der Waals surface area contributed by atoms with E-state index < -0.39 is 11.9 Å². The average Bonchev–Trinajstić information content (AvgIpc) is 3.46. The van der Waals surface area contributed by atoms with Crippen LogP contribution >= 0.6 is 11.6 Å². The smallest absolute Gasteiger partial charge is 0.257 e. The predicted molar refractivity (Wildman–Crippen MR) is 132 cm³/mol. The Morgan fingerprint density at radius 1 is 1.03 bits per heavy atom. The van der Waals surface area contributed by atoms with Crippen LogP contribution in [0.4, 0.5) is 5.69 Å². The van der Waals surface area contributed by atoms with Crippen LogP contribution in [0.25, 0.3) is 0 Å². The van der Waals surface area contributed by atoms with E-state index in [1.54, 1.807) is 66.7 Å². The van der Waals surface area contributed by atoms with Gasteiger partial charge < -0.3 is 19.1 Å². The molecule has 5 rings (SSSR count). The number of halogens is 1. The molecule has 0 saturated carbocycles. The van der Waals surface area contributed by atoms with Crippen LogP contribution in [0.15, 0.2) is 66.7 Å². The van der Waals surface area contributed by atoms with Crippen molar-refractivity contribution in [1.29, 1.82) is 0 Å². The number of anilines is 1. The van der Waals surface area contributed by atoms with Gasteiger partial charge in [-0.25, -0.2) is 4.90 Å². The molecule has 2 aliphatic rings. The summed E-state index contributed by atoms with van der Waals surface area (Å²) in [7, 11) is 0. The van der Waals surface area contributed by atoms with Crippen molar-refractivity contribution >= 4 is 35.0 Å². The van der Waals surface area contributed by atoms with E-state index in [0.29, 0.717) is 40.1 Å². The van der Waals surface area contributed by atoms with Gasteiger partial charge in [-0.15, -0.1) is 0 Å². The predicted octanol–water partition coefficient (Wildman–Crippen LogP) is 4.44. The Morgan fingerprint density at radius 3 is 2.47 bits per heavy atom. The number of ether oxygens (including phenoxy) is 3. The molecule has 0 aromatic heterocycles. The number of hydrogen-bond acceptors (Lipinski definition) is 6. The first-order chi connectivity index (χ1) is 17.4. The van der Waals surface area contributed by atoms with Crippen molar-refractivity contribution in [3.63, 3.8) is 0 Å². The molecule has 3 aromatic rings. The number of hydrogen-bond donors (Lipinski definition) is 0. The van der Waals surface area contributed by atoms with Gasteiger partial charge in [0.25, 0.3) is 11.8 Å². The minimum Gasteiger partial charge on any atom is -0.494 e. The van der Waals surface area contributed by atoms with Gasteiger partial charge in [-0.2, -0.15) is 0 Å². The molecular formula is C27H23ClN2O6. The maximum absolute atomic E-state index is 13.6. The summed E-state index contributed by atoms with van der Waals surface area (Å²) < 4.78 is 16.3. The maximum Gasteiger partial charge on any atom is 0.257 e. The van der Waals surface area contributed by atoms with E-state index in [4.69, 9.17) is 25.8 Å². The quantitative estimate of drug-likeness (QED) is 0.440. The molecule has 3 amide bonds. The summed E-state index contributed by atoms with van der Waals surface area (Å²) >= 11 is 6.00. The number of nitrogens with zero attached hydrogens (tertiary/aromatic N) is 2. The molecule has 1 atom stereocenters. The molecule has 2 aliphatic heterocycles. The molecule has 0 N–H and O–H groups in total. The van der Waals surface area contributed by atoms with Crippen molar-refractivity contribution in [1.82, 2.24) is 4.90 Å². The highest BCUT2D eigenvalue weighted by molar-refractivity contribution is 6.30. The van der Waals surface area contributed by atoms with Crippen molar-refractivity contribution < 1.29 is 28.6 Å². The topological polar surface area (TPSA) is 85.4 Å². The summed E-state index contributed by atoms with van der Waals surface area (Å²) in [6.07, 6.45) is -0.129. The Labute approximate surface area is 212 Å². The third-order valence-electron chi connectivity index (χ3n) is 6.05. The Balaban J connectivity index is 1.46. The summed E-state index contributed by atoms with van der Waals surface area (Å²) in [5.74, 6) is 0.587. The normalized spacial score (nSPS) is 16.4. The van der Waals surface area contributed by atoms with Gasteiger partial charge in [-0.1, -0.05) is 17.7 Å². The van der Waals surface area contributed by atoms with Crippen molar-refractivity contribution in [2.45, 2.75) is 25.9 Å². The summed E-state index contributed by atoms with van der Waals surface area (Å²) in [5.41, 5.74) is 1.53. The summed E-state index contributed by atoms with van der Waals surface area (Å²) in [5, 5.41) is 0.489. The monoisotopic (exact) mass is 506 g/mol. The first kappa shape index (κ1) is 23.7. The minimum atomic E-state index is -0.974. The highest BCUT2D eigenvalue weighted by Gasteiger charge is 2.44. The highest BCUT2D eigenvalue weighted by atomic mass is 35.5. The van der Waals surface area contributed by atoms with E-state index in [0.717, 1.165) is 10.5 Å². The van der Waals surface area contributed by atoms with Gasteiger partial charge >= 0.3 is 0 Å². The Morgan fingerprint density at radius 2 is 1.75 bits per heavy atom. The molecule has 1 fully saturated rings. The lowest BCUT2D eigenvalue weighted by Crippen LogP contribution is -2.45. The van der Waals surface area contributed by atoms with Gasteiger partial charge in [0.05, 0.1) is 18.7 Å². The first-order valence-corrected chi connectivity index (χ1v) is 11.9. The van der Waals surface area contributed by atoms with Gasteiger partial charge in [-0.3, -0.25) is 14.4 Å². The van der Waals surface area contributed by atoms with Crippen LogP contribution in [0.5, 0.6) is 17.2 Å². The van der Waals surface area contributed by atoms with Crippen molar-refractivity contribution in [2.24, 2.45) is 0 Å².